The van der Waals surface area contributed by atoms with Crippen LogP contribution in [-0.2, 0) is 4.79 Å². The average Bonchev–Trinajstić information content (AvgIpc) is 2.40. The lowest BCUT2D eigenvalue weighted by Crippen LogP contribution is -2.02. The zero-order chi connectivity index (χ0) is 8.55. The Labute approximate surface area is 83.8 Å². The Hall–Kier alpha value is -0.840. The SMILES string of the molecule is O=C1Nc2ccccc2/C1=C\I. The van der Waals surface area contributed by atoms with Gasteiger partial charge in [-0.05, 0) is 10.1 Å². The molecule has 0 atom stereocenters. The van der Waals surface area contributed by atoms with Crippen molar-refractivity contribution in [1.82, 2.24) is 0 Å². The molecule has 1 aromatic rings. The number of anilines is 1. The quantitative estimate of drug-likeness (QED) is 0.569. The minimum atomic E-state index is -0.00870. The highest BCUT2D eigenvalue weighted by Gasteiger charge is 2.22. The molecular weight excluding hydrogens is 265 g/mol. The summed E-state index contributed by atoms with van der Waals surface area (Å²) in [6.07, 6.45) is 0. The summed E-state index contributed by atoms with van der Waals surface area (Å²) in [6.45, 7) is 0. The fraction of sp³-hybridized carbons (Fsp3) is 0. The highest BCUT2D eigenvalue weighted by molar-refractivity contribution is 14.1. The molecular formula is C9H6INO. The number of carbonyl (C=O) groups is 1. The van der Waals surface area contributed by atoms with E-state index in [1.54, 1.807) is 4.08 Å². The van der Waals surface area contributed by atoms with Gasteiger partial charge in [0.05, 0.1) is 5.57 Å². The van der Waals surface area contributed by atoms with Crippen LogP contribution in [0.25, 0.3) is 5.57 Å². The summed E-state index contributed by atoms with van der Waals surface area (Å²) < 4.78 is 1.80. The van der Waals surface area contributed by atoms with Crippen LogP contribution < -0.4 is 5.32 Å². The van der Waals surface area contributed by atoms with Crippen molar-refractivity contribution in [1.29, 1.82) is 0 Å². The third kappa shape index (κ3) is 1.04. The van der Waals surface area contributed by atoms with Crippen LogP contribution in [0, 0.1) is 0 Å². The minimum absolute atomic E-state index is 0.00870. The molecule has 0 saturated heterocycles. The van der Waals surface area contributed by atoms with Gasteiger partial charge >= 0.3 is 0 Å². The Morgan fingerprint density at radius 2 is 2.08 bits per heavy atom. The first-order valence-corrected chi connectivity index (χ1v) is 4.78. The van der Waals surface area contributed by atoms with Crippen LogP contribution in [0.15, 0.2) is 28.3 Å². The number of hydrogen-bond donors (Lipinski definition) is 1. The van der Waals surface area contributed by atoms with Crippen LogP contribution in [0.2, 0.25) is 0 Å². The Bertz CT molecular complexity index is 371. The molecule has 1 aliphatic rings. The molecule has 3 heteroatoms. The monoisotopic (exact) mass is 271 g/mol. The van der Waals surface area contributed by atoms with Gasteiger partial charge in [0.1, 0.15) is 0 Å². The first-order chi connectivity index (χ1) is 5.83. The number of halogens is 1. The lowest BCUT2D eigenvalue weighted by Gasteiger charge is -1.93. The molecule has 0 radical (unpaired) electrons. The van der Waals surface area contributed by atoms with E-state index in [1.807, 2.05) is 24.3 Å². The summed E-state index contributed by atoms with van der Waals surface area (Å²) in [5, 5.41) is 2.79. The molecule has 2 rings (SSSR count). The summed E-state index contributed by atoms with van der Waals surface area (Å²) in [6, 6.07) is 7.69. The second kappa shape index (κ2) is 2.90. The summed E-state index contributed by atoms with van der Waals surface area (Å²) in [7, 11) is 0. The molecule has 1 heterocycles. The van der Waals surface area contributed by atoms with Crippen molar-refractivity contribution in [2.24, 2.45) is 0 Å². The van der Waals surface area contributed by atoms with Crippen molar-refractivity contribution in [2.45, 2.75) is 0 Å². The van der Waals surface area contributed by atoms with Gasteiger partial charge in [0.2, 0.25) is 0 Å². The van der Waals surface area contributed by atoms with Gasteiger partial charge in [-0.3, -0.25) is 4.79 Å². The van der Waals surface area contributed by atoms with E-state index in [2.05, 4.69) is 27.9 Å². The number of amides is 1. The largest absolute Gasteiger partial charge is 0.321 e. The van der Waals surface area contributed by atoms with E-state index in [9.17, 15) is 4.79 Å². The van der Waals surface area contributed by atoms with Crippen LogP contribution in [0.1, 0.15) is 5.56 Å². The molecule has 1 N–H and O–H groups in total. The van der Waals surface area contributed by atoms with E-state index in [1.165, 1.54) is 0 Å². The van der Waals surface area contributed by atoms with Crippen molar-refractivity contribution in [3.63, 3.8) is 0 Å². The highest BCUT2D eigenvalue weighted by Crippen LogP contribution is 2.31. The number of para-hydroxylation sites is 1. The first kappa shape index (κ1) is 7.79. The van der Waals surface area contributed by atoms with Crippen molar-refractivity contribution in [2.75, 3.05) is 5.32 Å². The second-order valence-electron chi connectivity index (χ2n) is 2.52. The van der Waals surface area contributed by atoms with Gasteiger partial charge in [-0.2, -0.15) is 0 Å². The molecule has 0 fully saturated rings. The minimum Gasteiger partial charge on any atom is -0.321 e. The molecule has 1 aromatic carbocycles. The van der Waals surface area contributed by atoms with Gasteiger partial charge in [-0.25, -0.2) is 0 Å². The van der Waals surface area contributed by atoms with Gasteiger partial charge in [-0.15, -0.1) is 0 Å². The summed E-state index contributed by atoms with van der Waals surface area (Å²) in [5.41, 5.74) is 2.66. The standard InChI is InChI=1S/C9H6INO/c10-5-7-6-3-1-2-4-8(6)11-9(7)12/h1-5H,(H,11,12)/b7-5+. The van der Waals surface area contributed by atoms with Gasteiger partial charge in [0, 0.05) is 11.3 Å². The number of nitrogens with one attached hydrogen (secondary N) is 1. The number of carbonyl (C=O) groups excluding carboxylic acids is 1. The van der Waals surface area contributed by atoms with Crippen LogP contribution in [-0.4, -0.2) is 5.91 Å². The van der Waals surface area contributed by atoms with E-state index < -0.39 is 0 Å². The maximum absolute atomic E-state index is 11.3. The van der Waals surface area contributed by atoms with Crippen LogP contribution in [0.5, 0.6) is 0 Å². The fourth-order valence-corrected chi connectivity index (χ4v) is 1.87. The highest BCUT2D eigenvalue weighted by atomic mass is 127. The predicted molar refractivity (Wildman–Crippen MR) is 57.1 cm³/mol. The maximum atomic E-state index is 11.3. The van der Waals surface area contributed by atoms with Crippen LogP contribution >= 0.6 is 22.6 Å². The van der Waals surface area contributed by atoms with E-state index in [0.29, 0.717) is 0 Å². The third-order valence-corrected chi connectivity index (χ3v) is 2.44. The van der Waals surface area contributed by atoms with Crippen molar-refractivity contribution in [3.05, 3.63) is 33.9 Å². The molecule has 1 amide bonds. The smallest absolute Gasteiger partial charge is 0.256 e. The summed E-state index contributed by atoms with van der Waals surface area (Å²) in [4.78, 5) is 11.3. The van der Waals surface area contributed by atoms with Crippen molar-refractivity contribution < 1.29 is 4.79 Å². The third-order valence-electron chi connectivity index (χ3n) is 1.82. The number of fused-ring (bicyclic) bond motifs is 1. The molecule has 12 heavy (non-hydrogen) atoms. The van der Waals surface area contributed by atoms with Gasteiger partial charge in [-0.1, -0.05) is 40.8 Å². The van der Waals surface area contributed by atoms with Gasteiger partial charge in [0.15, 0.2) is 0 Å². The normalized spacial score (nSPS) is 17.8. The van der Waals surface area contributed by atoms with Crippen molar-refractivity contribution >= 4 is 39.8 Å². The molecule has 0 bridgehead atoms. The molecule has 0 aliphatic carbocycles. The molecule has 0 unspecified atom stereocenters. The fourth-order valence-electron chi connectivity index (χ4n) is 1.25. The van der Waals surface area contributed by atoms with Gasteiger partial charge < -0.3 is 5.32 Å². The molecule has 0 spiro atoms. The van der Waals surface area contributed by atoms with E-state index >= 15 is 0 Å². The van der Waals surface area contributed by atoms with Crippen molar-refractivity contribution in [3.8, 4) is 0 Å². The lowest BCUT2D eigenvalue weighted by molar-refractivity contribution is -0.110. The average molecular weight is 271 g/mol. The topological polar surface area (TPSA) is 29.1 Å². The Morgan fingerprint density at radius 3 is 2.83 bits per heavy atom. The lowest BCUT2D eigenvalue weighted by atomic mass is 10.1. The molecule has 0 saturated carbocycles. The Balaban J connectivity index is 2.62. The number of rotatable bonds is 0. The van der Waals surface area contributed by atoms with E-state index in [0.717, 1.165) is 16.8 Å². The predicted octanol–water partition coefficient (Wildman–Crippen LogP) is 2.41. The number of hydrogen-bond acceptors (Lipinski definition) is 1. The van der Waals surface area contributed by atoms with E-state index in [-0.39, 0.29) is 5.91 Å². The number of benzene rings is 1. The zero-order valence-corrected chi connectivity index (χ0v) is 8.33. The second-order valence-corrected chi connectivity index (χ2v) is 3.15. The maximum Gasteiger partial charge on any atom is 0.256 e. The molecule has 0 aromatic heterocycles. The summed E-state index contributed by atoms with van der Waals surface area (Å²) in [5.74, 6) is -0.00870. The Morgan fingerprint density at radius 1 is 1.33 bits per heavy atom. The first-order valence-electron chi connectivity index (χ1n) is 3.54. The molecule has 2 nitrogen and oxygen atoms in total. The van der Waals surface area contributed by atoms with Crippen LogP contribution in [0.4, 0.5) is 5.69 Å². The zero-order valence-electron chi connectivity index (χ0n) is 6.17. The van der Waals surface area contributed by atoms with Crippen LogP contribution in [0.3, 0.4) is 0 Å². The Kier molecular flexibility index (Phi) is 1.88. The molecule has 1 aliphatic heterocycles. The van der Waals surface area contributed by atoms with E-state index in [4.69, 9.17) is 0 Å². The summed E-state index contributed by atoms with van der Waals surface area (Å²) >= 11 is 2.08. The molecule has 60 valence electrons. The van der Waals surface area contributed by atoms with Gasteiger partial charge in [0.25, 0.3) is 5.91 Å².